The summed E-state index contributed by atoms with van der Waals surface area (Å²) in [5, 5.41) is 18.9. The highest BCUT2D eigenvalue weighted by atomic mass is 35.5. The third kappa shape index (κ3) is 3.67. The normalized spacial score (nSPS) is 10.8. The molecule has 10 heteroatoms. The van der Waals surface area contributed by atoms with Gasteiger partial charge in [-0.1, -0.05) is 11.6 Å². The number of amides is 1. The van der Waals surface area contributed by atoms with Gasteiger partial charge >= 0.3 is 5.82 Å². The minimum Gasteiger partial charge on any atom is -0.358 e. The maximum atomic E-state index is 12.3. The van der Waals surface area contributed by atoms with Crippen molar-refractivity contribution >= 4 is 23.3 Å². The lowest BCUT2D eigenvalue weighted by Crippen LogP contribution is -2.30. The predicted molar refractivity (Wildman–Crippen MR) is 83.0 cm³/mol. The molecule has 2 heterocycles. The SMILES string of the molecule is CCn1ccc(CN(C)C(=O)Cn2nc([N+](=O)[O-])c(Cl)c2C)n1. The van der Waals surface area contributed by atoms with Crippen LogP contribution in [0.5, 0.6) is 0 Å². The fourth-order valence-electron chi connectivity index (χ4n) is 2.02. The maximum absolute atomic E-state index is 12.3. The van der Waals surface area contributed by atoms with Crippen molar-refractivity contribution in [1.82, 2.24) is 24.5 Å². The van der Waals surface area contributed by atoms with Crippen LogP contribution in [0.1, 0.15) is 18.3 Å². The van der Waals surface area contributed by atoms with Crippen LogP contribution in [0, 0.1) is 17.0 Å². The summed E-state index contributed by atoms with van der Waals surface area (Å²) in [5.41, 5.74) is 1.15. The summed E-state index contributed by atoms with van der Waals surface area (Å²) in [6.45, 7) is 4.54. The first kappa shape index (κ1) is 16.9. The van der Waals surface area contributed by atoms with Crippen LogP contribution in [0.25, 0.3) is 0 Å². The lowest BCUT2D eigenvalue weighted by Gasteiger charge is -2.15. The first-order chi connectivity index (χ1) is 10.8. The Morgan fingerprint density at radius 2 is 2.17 bits per heavy atom. The van der Waals surface area contributed by atoms with Crippen molar-refractivity contribution in [3.8, 4) is 0 Å². The molecule has 23 heavy (non-hydrogen) atoms. The average Bonchev–Trinajstić information content (AvgIpc) is 3.06. The number of aryl methyl sites for hydroxylation is 1. The first-order valence-corrected chi connectivity index (χ1v) is 7.34. The molecule has 0 aliphatic rings. The largest absolute Gasteiger partial charge is 0.408 e. The second-order valence-corrected chi connectivity index (χ2v) is 5.43. The molecule has 124 valence electrons. The standard InChI is InChI=1S/C13H17ClN6O3/c1-4-18-6-5-10(15-18)7-17(3)11(21)8-19-9(2)12(14)13(16-19)20(22)23/h5-6H,4,7-8H2,1-3H3. The van der Waals surface area contributed by atoms with Crippen LogP contribution >= 0.6 is 11.6 Å². The number of nitrogens with zero attached hydrogens (tertiary/aromatic N) is 6. The lowest BCUT2D eigenvalue weighted by atomic mass is 10.4. The van der Waals surface area contributed by atoms with Gasteiger partial charge in [0.05, 0.1) is 23.0 Å². The molecule has 0 aromatic carbocycles. The van der Waals surface area contributed by atoms with Crippen LogP contribution < -0.4 is 0 Å². The van der Waals surface area contributed by atoms with E-state index < -0.39 is 10.7 Å². The van der Waals surface area contributed by atoms with Gasteiger partial charge in [-0.25, -0.2) is 0 Å². The quantitative estimate of drug-likeness (QED) is 0.587. The van der Waals surface area contributed by atoms with Crippen LogP contribution in [0.3, 0.4) is 0 Å². The molecule has 0 fully saturated rings. The average molecular weight is 341 g/mol. The van der Waals surface area contributed by atoms with Crippen LogP contribution in [0.4, 0.5) is 5.82 Å². The smallest absolute Gasteiger partial charge is 0.358 e. The Morgan fingerprint density at radius 3 is 2.70 bits per heavy atom. The molecule has 0 unspecified atom stereocenters. The molecule has 9 nitrogen and oxygen atoms in total. The Hall–Kier alpha value is -2.42. The fraction of sp³-hybridized carbons (Fsp3) is 0.462. The summed E-state index contributed by atoms with van der Waals surface area (Å²) in [5.74, 6) is -0.686. The molecule has 0 aliphatic carbocycles. The van der Waals surface area contributed by atoms with Gasteiger partial charge in [-0.2, -0.15) is 9.78 Å². The molecular formula is C13H17ClN6O3. The summed E-state index contributed by atoms with van der Waals surface area (Å²) in [4.78, 5) is 23.9. The second-order valence-electron chi connectivity index (χ2n) is 5.05. The van der Waals surface area contributed by atoms with E-state index in [1.165, 1.54) is 9.58 Å². The Labute approximate surface area is 137 Å². The summed E-state index contributed by atoms with van der Waals surface area (Å²) < 4.78 is 3.01. The summed E-state index contributed by atoms with van der Waals surface area (Å²) in [7, 11) is 1.64. The zero-order chi connectivity index (χ0) is 17.1. The highest BCUT2D eigenvalue weighted by molar-refractivity contribution is 6.33. The van der Waals surface area contributed by atoms with Gasteiger partial charge in [-0.3, -0.25) is 9.48 Å². The van der Waals surface area contributed by atoms with E-state index in [2.05, 4.69) is 10.2 Å². The van der Waals surface area contributed by atoms with E-state index in [4.69, 9.17) is 11.6 Å². The number of rotatable bonds is 6. The van der Waals surface area contributed by atoms with Crippen LogP contribution in [-0.4, -0.2) is 42.3 Å². The summed E-state index contributed by atoms with van der Waals surface area (Å²) in [6, 6.07) is 1.84. The zero-order valence-electron chi connectivity index (χ0n) is 13.1. The van der Waals surface area contributed by atoms with E-state index in [1.54, 1.807) is 18.7 Å². The number of carbonyl (C=O) groups is 1. The molecule has 0 saturated carbocycles. The number of halogens is 1. The summed E-state index contributed by atoms with van der Waals surface area (Å²) in [6.07, 6.45) is 1.84. The predicted octanol–water partition coefficient (Wildman–Crippen LogP) is 1.63. The topological polar surface area (TPSA) is 99.1 Å². The number of aromatic nitrogens is 4. The van der Waals surface area contributed by atoms with Gasteiger partial charge < -0.3 is 15.0 Å². The molecule has 0 saturated heterocycles. The molecule has 0 atom stereocenters. The molecule has 0 bridgehead atoms. The Bertz CT molecular complexity index is 738. The van der Waals surface area contributed by atoms with Crippen molar-refractivity contribution in [2.24, 2.45) is 0 Å². The van der Waals surface area contributed by atoms with Crippen LogP contribution in [0.15, 0.2) is 12.3 Å². The highest BCUT2D eigenvalue weighted by Crippen LogP contribution is 2.26. The van der Waals surface area contributed by atoms with Crippen molar-refractivity contribution in [3.05, 3.63) is 38.8 Å². The molecule has 0 spiro atoms. The van der Waals surface area contributed by atoms with Crippen molar-refractivity contribution in [2.75, 3.05) is 7.05 Å². The maximum Gasteiger partial charge on any atom is 0.408 e. The van der Waals surface area contributed by atoms with Crippen molar-refractivity contribution in [3.63, 3.8) is 0 Å². The second kappa shape index (κ2) is 6.78. The van der Waals surface area contributed by atoms with Gasteiger partial charge in [-0.05, 0) is 24.8 Å². The van der Waals surface area contributed by atoms with Crippen molar-refractivity contribution in [1.29, 1.82) is 0 Å². The minimum atomic E-state index is -0.669. The van der Waals surface area contributed by atoms with Crippen molar-refractivity contribution < 1.29 is 9.72 Å². The lowest BCUT2D eigenvalue weighted by molar-refractivity contribution is -0.389. The van der Waals surface area contributed by atoms with Crippen LogP contribution in [-0.2, 0) is 24.4 Å². The van der Waals surface area contributed by atoms with Gasteiger partial charge in [0.2, 0.25) is 5.91 Å². The van der Waals surface area contributed by atoms with Gasteiger partial charge in [-0.15, -0.1) is 0 Å². The molecule has 1 amide bonds. The third-order valence-corrected chi connectivity index (χ3v) is 3.86. The number of hydrogen-bond donors (Lipinski definition) is 0. The Morgan fingerprint density at radius 1 is 1.48 bits per heavy atom. The highest BCUT2D eigenvalue weighted by Gasteiger charge is 2.25. The van der Waals surface area contributed by atoms with Gasteiger partial charge in [0.25, 0.3) is 0 Å². The van der Waals surface area contributed by atoms with E-state index in [1.807, 2.05) is 19.2 Å². The molecule has 0 aliphatic heterocycles. The Kier molecular flexibility index (Phi) is 4.99. The van der Waals surface area contributed by atoms with Crippen molar-refractivity contribution in [2.45, 2.75) is 33.5 Å². The first-order valence-electron chi connectivity index (χ1n) is 6.97. The van der Waals surface area contributed by atoms with E-state index in [0.29, 0.717) is 12.2 Å². The van der Waals surface area contributed by atoms with E-state index >= 15 is 0 Å². The van der Waals surface area contributed by atoms with E-state index in [-0.39, 0.29) is 17.5 Å². The summed E-state index contributed by atoms with van der Waals surface area (Å²) >= 11 is 5.86. The van der Waals surface area contributed by atoms with Gasteiger partial charge in [0.15, 0.2) is 5.02 Å². The van der Waals surface area contributed by atoms with E-state index in [9.17, 15) is 14.9 Å². The molecule has 2 rings (SSSR count). The molecule has 0 radical (unpaired) electrons. The zero-order valence-corrected chi connectivity index (χ0v) is 13.8. The van der Waals surface area contributed by atoms with E-state index in [0.717, 1.165) is 12.2 Å². The monoisotopic (exact) mass is 340 g/mol. The molecular weight excluding hydrogens is 324 g/mol. The van der Waals surface area contributed by atoms with Gasteiger partial charge in [0.1, 0.15) is 6.54 Å². The minimum absolute atomic E-state index is 0.0489. The third-order valence-electron chi connectivity index (χ3n) is 3.42. The van der Waals surface area contributed by atoms with Crippen LogP contribution in [0.2, 0.25) is 5.02 Å². The van der Waals surface area contributed by atoms with Gasteiger partial charge in [0, 0.05) is 19.8 Å². The Balaban J connectivity index is 2.06. The number of likely N-dealkylation sites (N-methyl/N-ethyl adjacent to an activating group) is 1. The molecule has 0 N–H and O–H groups in total. The number of carbonyl (C=O) groups excluding carboxylic acids is 1. The molecule has 2 aromatic heterocycles. The fourth-order valence-corrected chi connectivity index (χ4v) is 2.23. The number of hydrogen-bond acceptors (Lipinski definition) is 5. The number of nitro groups is 1. The molecule has 2 aromatic rings.